The minimum atomic E-state index is 0.162. The Kier molecular flexibility index (Phi) is 1.95. The predicted molar refractivity (Wildman–Crippen MR) is 62.2 cm³/mol. The van der Waals surface area contributed by atoms with Crippen molar-refractivity contribution in [3.8, 4) is 0 Å². The molecule has 2 rings (SSSR count). The van der Waals surface area contributed by atoms with Crippen LogP contribution in [0.1, 0.15) is 19.4 Å². The van der Waals surface area contributed by atoms with Crippen molar-refractivity contribution in [2.45, 2.75) is 26.3 Å². The molecule has 1 aromatic carbocycles. The van der Waals surface area contributed by atoms with Crippen molar-refractivity contribution in [1.29, 1.82) is 0 Å². The summed E-state index contributed by atoms with van der Waals surface area (Å²) >= 11 is 0. The van der Waals surface area contributed by atoms with Crippen LogP contribution in [0.2, 0.25) is 0 Å². The molecule has 0 unspecified atom stereocenters. The van der Waals surface area contributed by atoms with Gasteiger partial charge in [0, 0.05) is 19.1 Å². The number of fused-ring (bicyclic) bond motifs is 1. The lowest BCUT2D eigenvalue weighted by Crippen LogP contribution is -2.46. The van der Waals surface area contributed by atoms with Gasteiger partial charge in [0.2, 0.25) is 0 Å². The van der Waals surface area contributed by atoms with E-state index < -0.39 is 0 Å². The summed E-state index contributed by atoms with van der Waals surface area (Å²) in [5.74, 6) is 0. The number of rotatable bonds is 0. The lowest BCUT2D eigenvalue weighted by molar-refractivity contribution is 0.550. The average Bonchev–Trinajstić information content (AvgIpc) is 2.00. The summed E-state index contributed by atoms with van der Waals surface area (Å²) in [5.41, 5.74) is 4.02. The summed E-state index contributed by atoms with van der Waals surface area (Å²) < 4.78 is 0. The molecule has 0 spiro atoms. The first kappa shape index (κ1) is 9.38. The molecule has 1 aliphatic rings. The third kappa shape index (κ3) is 1.57. The first-order valence-electron chi connectivity index (χ1n) is 5.08. The maximum absolute atomic E-state index is 3.57. The molecule has 0 amide bonds. The van der Waals surface area contributed by atoms with Crippen LogP contribution >= 0.6 is 0 Å². The highest BCUT2D eigenvalue weighted by Crippen LogP contribution is 2.33. The highest BCUT2D eigenvalue weighted by atomic mass is 15.2. The molecule has 0 radical (unpaired) electrons. The van der Waals surface area contributed by atoms with Crippen molar-refractivity contribution >= 4 is 11.4 Å². The van der Waals surface area contributed by atoms with Gasteiger partial charge in [-0.3, -0.25) is 0 Å². The molecule has 1 aliphatic heterocycles. The molecular weight excluding hydrogens is 172 g/mol. The number of hydrogen-bond acceptors (Lipinski definition) is 2. The number of anilines is 2. The average molecular weight is 190 g/mol. The van der Waals surface area contributed by atoms with Gasteiger partial charge in [-0.15, -0.1) is 0 Å². The van der Waals surface area contributed by atoms with E-state index in [1.807, 2.05) is 0 Å². The van der Waals surface area contributed by atoms with Gasteiger partial charge in [0.25, 0.3) is 0 Å². The SMILES string of the molecule is Cc1ccc2c(c1)NC(C)(C)CN2C. The Morgan fingerprint density at radius 1 is 1.36 bits per heavy atom. The zero-order valence-corrected chi connectivity index (χ0v) is 9.39. The molecule has 0 aliphatic carbocycles. The molecule has 1 N–H and O–H groups in total. The molecule has 1 heterocycles. The monoisotopic (exact) mass is 190 g/mol. The Bertz CT molecular complexity index is 355. The minimum absolute atomic E-state index is 0.162. The van der Waals surface area contributed by atoms with Crippen LogP contribution < -0.4 is 10.2 Å². The van der Waals surface area contributed by atoms with Crippen LogP contribution in [0.4, 0.5) is 11.4 Å². The molecule has 0 saturated heterocycles. The van der Waals surface area contributed by atoms with Gasteiger partial charge in [-0.25, -0.2) is 0 Å². The zero-order chi connectivity index (χ0) is 10.3. The molecule has 0 aromatic heterocycles. The lowest BCUT2D eigenvalue weighted by atomic mass is 9.99. The van der Waals surface area contributed by atoms with Gasteiger partial charge in [0.1, 0.15) is 0 Å². The number of nitrogens with one attached hydrogen (secondary N) is 1. The second-order valence-corrected chi connectivity index (χ2v) is 4.89. The van der Waals surface area contributed by atoms with Crippen molar-refractivity contribution in [3.63, 3.8) is 0 Å². The van der Waals surface area contributed by atoms with Crippen LogP contribution in [0.15, 0.2) is 18.2 Å². The van der Waals surface area contributed by atoms with E-state index in [-0.39, 0.29) is 5.54 Å². The fourth-order valence-electron chi connectivity index (χ4n) is 2.17. The van der Waals surface area contributed by atoms with E-state index in [0.29, 0.717) is 0 Å². The molecule has 76 valence electrons. The number of likely N-dealkylation sites (N-methyl/N-ethyl adjacent to an activating group) is 1. The van der Waals surface area contributed by atoms with Crippen molar-refractivity contribution in [2.24, 2.45) is 0 Å². The number of nitrogens with zero attached hydrogens (tertiary/aromatic N) is 1. The fraction of sp³-hybridized carbons (Fsp3) is 0.500. The summed E-state index contributed by atoms with van der Waals surface area (Å²) in [6.45, 7) is 7.64. The summed E-state index contributed by atoms with van der Waals surface area (Å²) in [4.78, 5) is 2.31. The van der Waals surface area contributed by atoms with Gasteiger partial charge in [-0.2, -0.15) is 0 Å². The van der Waals surface area contributed by atoms with E-state index in [1.165, 1.54) is 16.9 Å². The van der Waals surface area contributed by atoms with E-state index in [0.717, 1.165) is 6.54 Å². The van der Waals surface area contributed by atoms with Crippen LogP contribution in [0, 0.1) is 6.92 Å². The molecule has 0 atom stereocenters. The summed E-state index contributed by atoms with van der Waals surface area (Å²) in [7, 11) is 2.15. The molecule has 2 heteroatoms. The molecule has 0 fully saturated rings. The first-order valence-corrected chi connectivity index (χ1v) is 5.08. The summed E-state index contributed by atoms with van der Waals surface area (Å²) in [6, 6.07) is 6.56. The first-order chi connectivity index (χ1) is 6.48. The van der Waals surface area contributed by atoms with Crippen molar-refractivity contribution in [2.75, 3.05) is 23.8 Å². The Balaban J connectivity index is 2.46. The van der Waals surface area contributed by atoms with E-state index in [4.69, 9.17) is 0 Å². The number of aryl methyl sites for hydroxylation is 1. The Morgan fingerprint density at radius 2 is 2.07 bits per heavy atom. The zero-order valence-electron chi connectivity index (χ0n) is 9.39. The van der Waals surface area contributed by atoms with Crippen LogP contribution in [-0.2, 0) is 0 Å². The normalized spacial score (nSPS) is 18.7. The van der Waals surface area contributed by atoms with Crippen molar-refractivity contribution in [3.05, 3.63) is 23.8 Å². The summed E-state index contributed by atoms with van der Waals surface area (Å²) in [6.07, 6.45) is 0. The third-order valence-electron chi connectivity index (χ3n) is 2.67. The second kappa shape index (κ2) is 2.91. The van der Waals surface area contributed by atoms with Crippen LogP contribution in [-0.4, -0.2) is 19.1 Å². The maximum Gasteiger partial charge on any atom is 0.0600 e. The van der Waals surface area contributed by atoms with E-state index in [1.54, 1.807) is 0 Å². The molecule has 14 heavy (non-hydrogen) atoms. The van der Waals surface area contributed by atoms with Gasteiger partial charge in [-0.05, 0) is 38.5 Å². The topological polar surface area (TPSA) is 15.3 Å². The highest BCUT2D eigenvalue weighted by molar-refractivity contribution is 5.73. The van der Waals surface area contributed by atoms with Crippen LogP contribution in [0.25, 0.3) is 0 Å². The quantitative estimate of drug-likeness (QED) is 0.676. The van der Waals surface area contributed by atoms with Gasteiger partial charge >= 0.3 is 0 Å². The van der Waals surface area contributed by atoms with Crippen molar-refractivity contribution < 1.29 is 0 Å². The third-order valence-corrected chi connectivity index (χ3v) is 2.67. The van der Waals surface area contributed by atoms with Crippen molar-refractivity contribution in [1.82, 2.24) is 0 Å². The van der Waals surface area contributed by atoms with Crippen LogP contribution in [0.5, 0.6) is 0 Å². The fourth-order valence-corrected chi connectivity index (χ4v) is 2.17. The second-order valence-electron chi connectivity index (χ2n) is 4.89. The maximum atomic E-state index is 3.57. The minimum Gasteiger partial charge on any atom is -0.377 e. The number of benzene rings is 1. The van der Waals surface area contributed by atoms with E-state index >= 15 is 0 Å². The lowest BCUT2D eigenvalue weighted by Gasteiger charge is -2.40. The predicted octanol–water partition coefficient (Wildman–Crippen LogP) is 2.64. The highest BCUT2D eigenvalue weighted by Gasteiger charge is 2.26. The van der Waals surface area contributed by atoms with Gasteiger partial charge in [-0.1, -0.05) is 6.07 Å². The Morgan fingerprint density at radius 3 is 2.79 bits per heavy atom. The smallest absolute Gasteiger partial charge is 0.0600 e. The molecule has 1 aromatic rings. The van der Waals surface area contributed by atoms with E-state index in [2.05, 4.69) is 56.2 Å². The Labute approximate surface area is 85.9 Å². The number of hydrogen-bond donors (Lipinski definition) is 1. The molecular formula is C12H18N2. The van der Waals surface area contributed by atoms with Gasteiger partial charge in [0.15, 0.2) is 0 Å². The molecule has 2 nitrogen and oxygen atoms in total. The standard InChI is InChI=1S/C12H18N2/c1-9-5-6-11-10(7-9)13-12(2,3)8-14(11)4/h5-7,13H,8H2,1-4H3. The molecule has 0 saturated carbocycles. The Hall–Kier alpha value is -1.18. The van der Waals surface area contributed by atoms with Crippen LogP contribution in [0.3, 0.4) is 0 Å². The van der Waals surface area contributed by atoms with E-state index in [9.17, 15) is 0 Å². The summed E-state index contributed by atoms with van der Waals surface area (Å²) in [5, 5.41) is 3.57. The van der Waals surface area contributed by atoms with Gasteiger partial charge < -0.3 is 10.2 Å². The molecule has 0 bridgehead atoms. The largest absolute Gasteiger partial charge is 0.377 e. The van der Waals surface area contributed by atoms with Gasteiger partial charge in [0.05, 0.1) is 11.4 Å².